The molecule has 9 heteroatoms. The molecule has 0 fully saturated rings. The molecule has 0 aliphatic carbocycles. The van der Waals surface area contributed by atoms with Crippen molar-refractivity contribution in [3.63, 3.8) is 0 Å². The molecule has 0 unspecified atom stereocenters. The number of hydrogen-bond donors (Lipinski definition) is 0. The van der Waals surface area contributed by atoms with E-state index in [4.69, 9.17) is 4.74 Å². The number of aryl methyl sites for hydroxylation is 1. The van der Waals surface area contributed by atoms with Gasteiger partial charge in [-0.2, -0.15) is 5.10 Å². The van der Waals surface area contributed by atoms with Crippen LogP contribution in [0.5, 0.6) is 0 Å². The normalized spacial score (nSPS) is 10.8. The van der Waals surface area contributed by atoms with Gasteiger partial charge >= 0.3 is 5.97 Å². The third-order valence-corrected chi connectivity index (χ3v) is 3.51. The first-order valence-corrected chi connectivity index (χ1v) is 7.16. The number of ether oxygens (including phenoxy) is 1. The molecule has 0 aliphatic rings. The second-order valence-corrected chi connectivity index (χ2v) is 4.95. The molecule has 2 heterocycles. The smallest absolute Gasteiger partial charge is 0.360 e. The van der Waals surface area contributed by atoms with Crippen molar-refractivity contribution >= 4 is 17.3 Å². The summed E-state index contributed by atoms with van der Waals surface area (Å²) in [6.45, 7) is 3.64. The Labute approximate surface area is 136 Å². The summed E-state index contributed by atoms with van der Waals surface area (Å²) in [5.41, 5.74) is 2.44. The lowest BCUT2D eigenvalue weighted by atomic mass is 10.1. The van der Waals surface area contributed by atoms with E-state index in [1.54, 1.807) is 32.2 Å². The van der Waals surface area contributed by atoms with Crippen LogP contribution in [0.2, 0.25) is 0 Å². The van der Waals surface area contributed by atoms with Crippen molar-refractivity contribution in [1.29, 1.82) is 0 Å². The number of carbonyl (C=O) groups is 1. The Morgan fingerprint density at radius 1 is 1.29 bits per heavy atom. The van der Waals surface area contributed by atoms with Gasteiger partial charge in [0.1, 0.15) is 0 Å². The summed E-state index contributed by atoms with van der Waals surface area (Å²) in [7, 11) is 0. The van der Waals surface area contributed by atoms with E-state index in [1.165, 1.54) is 16.6 Å². The second-order valence-electron chi connectivity index (χ2n) is 4.95. The number of nitro benzene ring substituents is 1. The van der Waals surface area contributed by atoms with Crippen LogP contribution < -0.4 is 0 Å². The van der Waals surface area contributed by atoms with Gasteiger partial charge in [-0.05, 0) is 31.5 Å². The molecule has 0 atom stereocenters. The van der Waals surface area contributed by atoms with Gasteiger partial charge < -0.3 is 4.74 Å². The van der Waals surface area contributed by atoms with E-state index >= 15 is 0 Å². The van der Waals surface area contributed by atoms with Gasteiger partial charge in [-0.1, -0.05) is 0 Å². The molecule has 1 aromatic carbocycles. The monoisotopic (exact) mass is 327 g/mol. The first-order valence-electron chi connectivity index (χ1n) is 7.16. The predicted molar refractivity (Wildman–Crippen MR) is 83.6 cm³/mol. The molecule has 0 bridgehead atoms. The second kappa shape index (κ2) is 6.03. The van der Waals surface area contributed by atoms with Crippen LogP contribution in [0.4, 0.5) is 5.69 Å². The van der Waals surface area contributed by atoms with Crippen molar-refractivity contribution in [2.45, 2.75) is 13.8 Å². The van der Waals surface area contributed by atoms with Crippen LogP contribution in [-0.4, -0.2) is 37.3 Å². The highest BCUT2D eigenvalue weighted by atomic mass is 16.6. The number of benzene rings is 1. The molecule has 122 valence electrons. The molecule has 0 N–H and O–H groups in total. The third kappa shape index (κ3) is 2.56. The van der Waals surface area contributed by atoms with E-state index in [0.29, 0.717) is 22.5 Å². The summed E-state index contributed by atoms with van der Waals surface area (Å²) in [6, 6.07) is 6.05. The van der Waals surface area contributed by atoms with Crippen molar-refractivity contribution in [3.8, 4) is 11.1 Å². The van der Waals surface area contributed by atoms with Crippen LogP contribution in [0.25, 0.3) is 16.8 Å². The number of non-ortho nitro benzene ring substituents is 1. The Morgan fingerprint density at radius 3 is 2.62 bits per heavy atom. The van der Waals surface area contributed by atoms with Crippen LogP contribution in [-0.2, 0) is 4.74 Å². The van der Waals surface area contributed by atoms with Gasteiger partial charge in [0.15, 0.2) is 11.3 Å². The quantitative estimate of drug-likeness (QED) is 0.410. The predicted octanol–water partition coefficient (Wildman–Crippen LogP) is 2.18. The van der Waals surface area contributed by atoms with E-state index in [-0.39, 0.29) is 18.0 Å². The van der Waals surface area contributed by atoms with E-state index < -0.39 is 10.9 Å². The van der Waals surface area contributed by atoms with Crippen LogP contribution in [0, 0.1) is 17.0 Å². The maximum atomic E-state index is 11.9. The Hall–Kier alpha value is -3.36. The highest BCUT2D eigenvalue weighted by Gasteiger charge is 2.19. The minimum atomic E-state index is -0.559. The van der Waals surface area contributed by atoms with Gasteiger partial charge in [0.25, 0.3) is 5.69 Å². The highest BCUT2D eigenvalue weighted by Crippen LogP contribution is 2.26. The molecule has 0 amide bonds. The Morgan fingerprint density at radius 2 is 2.00 bits per heavy atom. The number of hydrogen-bond acceptors (Lipinski definition) is 7. The maximum Gasteiger partial charge on any atom is 0.360 e. The number of rotatable bonds is 4. The largest absolute Gasteiger partial charge is 0.461 e. The molecular formula is C15H13N5O4. The molecule has 2 aromatic heterocycles. The summed E-state index contributed by atoms with van der Waals surface area (Å²) in [5, 5.41) is 23.0. The van der Waals surface area contributed by atoms with E-state index in [0.717, 1.165) is 0 Å². The van der Waals surface area contributed by atoms with Crippen LogP contribution in [0.3, 0.4) is 0 Å². The van der Waals surface area contributed by atoms with Gasteiger partial charge in [0.2, 0.25) is 0 Å². The van der Waals surface area contributed by atoms with Crippen molar-refractivity contribution in [2.24, 2.45) is 0 Å². The van der Waals surface area contributed by atoms with Crippen molar-refractivity contribution < 1.29 is 14.5 Å². The lowest BCUT2D eigenvalue weighted by Gasteiger charge is -2.05. The molecule has 3 rings (SSSR count). The minimum absolute atomic E-state index is 0.00193. The maximum absolute atomic E-state index is 11.9. The van der Waals surface area contributed by atoms with Gasteiger partial charge in [-0.15, -0.1) is 10.2 Å². The van der Waals surface area contributed by atoms with Crippen LogP contribution >= 0.6 is 0 Å². The fraction of sp³-hybridized carbons (Fsp3) is 0.200. The number of nitrogens with zero attached hydrogens (tertiary/aromatic N) is 5. The summed E-state index contributed by atoms with van der Waals surface area (Å²) in [4.78, 5) is 22.1. The zero-order valence-electron chi connectivity index (χ0n) is 13.0. The summed E-state index contributed by atoms with van der Waals surface area (Å²) >= 11 is 0. The van der Waals surface area contributed by atoms with Crippen molar-refractivity contribution in [1.82, 2.24) is 19.8 Å². The van der Waals surface area contributed by atoms with E-state index in [1.807, 2.05) is 0 Å². The number of fused-ring (bicyclic) bond motifs is 1. The van der Waals surface area contributed by atoms with Gasteiger partial charge in [0.05, 0.1) is 23.4 Å². The molecular weight excluding hydrogens is 314 g/mol. The topological polar surface area (TPSA) is 113 Å². The summed E-state index contributed by atoms with van der Waals surface area (Å²) < 4.78 is 6.43. The molecule has 9 nitrogen and oxygen atoms in total. The van der Waals surface area contributed by atoms with Crippen LogP contribution in [0.15, 0.2) is 30.5 Å². The molecule has 0 spiro atoms. The summed E-state index contributed by atoms with van der Waals surface area (Å²) in [6.07, 6.45) is 1.58. The minimum Gasteiger partial charge on any atom is -0.461 e. The fourth-order valence-corrected chi connectivity index (χ4v) is 2.31. The molecule has 0 radical (unpaired) electrons. The number of esters is 1. The fourth-order valence-electron chi connectivity index (χ4n) is 2.31. The highest BCUT2D eigenvalue weighted by molar-refractivity contribution is 5.89. The lowest BCUT2D eigenvalue weighted by Crippen LogP contribution is -2.14. The zero-order chi connectivity index (χ0) is 17.3. The Kier molecular flexibility index (Phi) is 3.90. The molecule has 0 aliphatic heterocycles. The Balaban J connectivity index is 2.06. The standard InChI is InChI=1S/C15H13N5O4/c1-3-24-15(21)13-9(2)19-14(18-17-13)12(8-16-19)10-4-6-11(7-5-10)20(22)23/h4-8H,3H2,1-2H3. The molecule has 0 saturated carbocycles. The first-order chi connectivity index (χ1) is 11.5. The number of nitro groups is 1. The SMILES string of the molecule is CCOC(=O)c1nnc2c(-c3ccc([N+](=O)[O-])cc3)cnn2c1C. The van der Waals surface area contributed by atoms with E-state index in [9.17, 15) is 14.9 Å². The number of carbonyl (C=O) groups excluding carboxylic acids is 1. The zero-order valence-corrected chi connectivity index (χ0v) is 13.0. The van der Waals surface area contributed by atoms with Gasteiger partial charge in [0, 0.05) is 17.7 Å². The van der Waals surface area contributed by atoms with Crippen LogP contribution in [0.1, 0.15) is 23.1 Å². The average molecular weight is 327 g/mol. The first kappa shape index (κ1) is 15.5. The summed E-state index contributed by atoms with van der Waals surface area (Å²) in [5.74, 6) is -0.559. The Bertz CT molecular complexity index is 933. The third-order valence-electron chi connectivity index (χ3n) is 3.51. The van der Waals surface area contributed by atoms with Gasteiger partial charge in [-0.25, -0.2) is 9.31 Å². The van der Waals surface area contributed by atoms with Gasteiger partial charge in [-0.3, -0.25) is 10.1 Å². The number of aromatic nitrogens is 4. The van der Waals surface area contributed by atoms with Crippen molar-refractivity contribution in [2.75, 3.05) is 6.61 Å². The molecule has 0 saturated heterocycles. The molecule has 24 heavy (non-hydrogen) atoms. The van der Waals surface area contributed by atoms with Crippen molar-refractivity contribution in [3.05, 3.63) is 52.0 Å². The molecule has 3 aromatic rings. The average Bonchev–Trinajstić information content (AvgIpc) is 3.00. The lowest BCUT2D eigenvalue weighted by molar-refractivity contribution is -0.384. The van der Waals surface area contributed by atoms with E-state index in [2.05, 4.69) is 15.3 Å².